The van der Waals surface area contributed by atoms with E-state index in [1.807, 2.05) is 29.8 Å². The van der Waals surface area contributed by atoms with E-state index in [4.69, 9.17) is 0 Å². The smallest absolute Gasteiger partial charge is 0.250 e. The van der Waals surface area contributed by atoms with Crippen molar-refractivity contribution in [1.82, 2.24) is 30.2 Å². The Hall–Kier alpha value is -3.07. The molecule has 0 unspecified atom stereocenters. The Balaban J connectivity index is 1.54. The van der Waals surface area contributed by atoms with Crippen molar-refractivity contribution in [2.24, 2.45) is 12.1 Å². The molecule has 3 heterocycles. The summed E-state index contributed by atoms with van der Waals surface area (Å²) in [5, 5.41) is 12.8. The number of nitrogens with zero attached hydrogens (tertiary/aromatic N) is 6. The van der Waals surface area contributed by atoms with Gasteiger partial charge in [-0.25, -0.2) is 5.43 Å². The molecule has 3 aromatic rings. The standard InChI is InChI=1S/C16H15N7OS/c1-23-15(13-4-7-17-8-5-13)21-22-16(23)25-11-14(24)20-19-10-12-3-2-6-18-9-12/h2-10H,11H2,1H3,(H,20,24)/b19-10-. The number of aromatic nitrogens is 5. The number of carbonyl (C=O) groups excluding carboxylic acids is 1. The van der Waals surface area contributed by atoms with Crippen molar-refractivity contribution in [1.29, 1.82) is 0 Å². The van der Waals surface area contributed by atoms with E-state index in [1.165, 1.54) is 11.8 Å². The molecule has 0 spiro atoms. The topological polar surface area (TPSA) is 98.0 Å². The number of carbonyl (C=O) groups is 1. The molecule has 1 N–H and O–H groups in total. The molecule has 0 aliphatic rings. The van der Waals surface area contributed by atoms with E-state index in [1.54, 1.807) is 37.1 Å². The lowest BCUT2D eigenvalue weighted by Gasteiger charge is -2.03. The normalized spacial score (nSPS) is 10.9. The molecule has 0 fully saturated rings. The average molecular weight is 353 g/mol. The van der Waals surface area contributed by atoms with Gasteiger partial charge in [0.2, 0.25) is 0 Å². The van der Waals surface area contributed by atoms with Crippen LogP contribution < -0.4 is 5.43 Å². The first-order valence-corrected chi connectivity index (χ1v) is 8.37. The van der Waals surface area contributed by atoms with E-state index in [2.05, 4.69) is 30.7 Å². The maximum absolute atomic E-state index is 11.9. The number of hydrogen-bond acceptors (Lipinski definition) is 7. The molecule has 0 aromatic carbocycles. The van der Waals surface area contributed by atoms with Crippen LogP contribution in [0.2, 0.25) is 0 Å². The van der Waals surface area contributed by atoms with Crippen LogP contribution in [-0.2, 0) is 11.8 Å². The fourth-order valence-electron chi connectivity index (χ4n) is 1.99. The first-order valence-electron chi connectivity index (χ1n) is 7.38. The van der Waals surface area contributed by atoms with E-state index in [0.29, 0.717) is 5.16 Å². The van der Waals surface area contributed by atoms with Gasteiger partial charge in [-0.2, -0.15) is 5.10 Å². The summed E-state index contributed by atoms with van der Waals surface area (Å²) in [4.78, 5) is 19.8. The first kappa shape index (κ1) is 16.8. The predicted octanol–water partition coefficient (Wildman–Crippen LogP) is 1.51. The Morgan fingerprint density at radius 2 is 2.08 bits per heavy atom. The van der Waals surface area contributed by atoms with Crippen molar-refractivity contribution in [2.45, 2.75) is 5.16 Å². The SMILES string of the molecule is Cn1c(SCC(=O)N/N=C\c2cccnc2)nnc1-c1ccncc1. The lowest BCUT2D eigenvalue weighted by atomic mass is 10.2. The van der Waals surface area contributed by atoms with Crippen molar-refractivity contribution in [3.8, 4) is 11.4 Å². The summed E-state index contributed by atoms with van der Waals surface area (Å²) in [6.45, 7) is 0. The third-order valence-corrected chi connectivity index (χ3v) is 4.21. The molecular formula is C16H15N7OS. The van der Waals surface area contributed by atoms with E-state index in [9.17, 15) is 4.79 Å². The minimum Gasteiger partial charge on any atom is -0.305 e. The molecule has 0 radical (unpaired) electrons. The Morgan fingerprint density at radius 3 is 2.84 bits per heavy atom. The van der Waals surface area contributed by atoms with Gasteiger partial charge in [0.25, 0.3) is 5.91 Å². The number of hydrogen-bond donors (Lipinski definition) is 1. The number of rotatable bonds is 6. The van der Waals surface area contributed by atoms with Crippen molar-refractivity contribution in [3.05, 3.63) is 54.6 Å². The Labute approximate surface area is 148 Å². The van der Waals surface area contributed by atoms with Gasteiger partial charge in [-0.1, -0.05) is 17.8 Å². The first-order chi connectivity index (χ1) is 12.2. The molecule has 8 nitrogen and oxygen atoms in total. The van der Waals surface area contributed by atoms with Gasteiger partial charge < -0.3 is 4.57 Å². The molecule has 0 aliphatic carbocycles. The van der Waals surface area contributed by atoms with Gasteiger partial charge in [0.1, 0.15) is 0 Å². The minimum absolute atomic E-state index is 0.187. The van der Waals surface area contributed by atoms with Crippen LogP contribution in [0.25, 0.3) is 11.4 Å². The van der Waals surface area contributed by atoms with Gasteiger partial charge in [0.05, 0.1) is 12.0 Å². The van der Waals surface area contributed by atoms with Crippen LogP contribution in [0.5, 0.6) is 0 Å². The molecule has 25 heavy (non-hydrogen) atoms. The highest BCUT2D eigenvalue weighted by Crippen LogP contribution is 2.21. The Kier molecular flexibility index (Phi) is 5.47. The fraction of sp³-hybridized carbons (Fsp3) is 0.125. The molecule has 1 amide bonds. The van der Waals surface area contributed by atoms with Crippen molar-refractivity contribution in [2.75, 3.05) is 5.75 Å². The summed E-state index contributed by atoms with van der Waals surface area (Å²) in [6, 6.07) is 7.36. The van der Waals surface area contributed by atoms with E-state index in [-0.39, 0.29) is 11.7 Å². The van der Waals surface area contributed by atoms with Crippen LogP contribution in [-0.4, -0.2) is 42.6 Å². The zero-order valence-corrected chi connectivity index (χ0v) is 14.2. The lowest BCUT2D eigenvalue weighted by Crippen LogP contribution is -2.19. The predicted molar refractivity (Wildman–Crippen MR) is 94.9 cm³/mol. The second-order valence-corrected chi connectivity index (χ2v) is 5.91. The van der Waals surface area contributed by atoms with Crippen LogP contribution in [0.3, 0.4) is 0 Å². The van der Waals surface area contributed by atoms with E-state index >= 15 is 0 Å². The van der Waals surface area contributed by atoms with Crippen molar-refractivity contribution >= 4 is 23.9 Å². The zero-order chi connectivity index (χ0) is 17.5. The molecule has 3 rings (SSSR count). The summed E-state index contributed by atoms with van der Waals surface area (Å²) < 4.78 is 1.84. The monoisotopic (exact) mass is 353 g/mol. The quantitative estimate of drug-likeness (QED) is 0.410. The molecule has 9 heteroatoms. The highest BCUT2D eigenvalue weighted by atomic mass is 32.2. The van der Waals surface area contributed by atoms with Gasteiger partial charge in [-0.3, -0.25) is 14.8 Å². The van der Waals surface area contributed by atoms with E-state index < -0.39 is 0 Å². The summed E-state index contributed by atoms with van der Waals surface area (Å²) in [6.07, 6.45) is 8.27. The second kappa shape index (κ2) is 8.15. The number of hydrazone groups is 1. The van der Waals surface area contributed by atoms with Crippen LogP contribution in [0.4, 0.5) is 0 Å². The third-order valence-electron chi connectivity index (χ3n) is 3.19. The molecule has 0 bridgehead atoms. The van der Waals surface area contributed by atoms with Crippen LogP contribution in [0.1, 0.15) is 5.56 Å². The Morgan fingerprint density at radius 1 is 1.24 bits per heavy atom. The van der Waals surface area contributed by atoms with Gasteiger partial charge in [-0.05, 0) is 18.2 Å². The molecule has 0 saturated heterocycles. The zero-order valence-electron chi connectivity index (χ0n) is 13.4. The van der Waals surface area contributed by atoms with Gasteiger partial charge >= 0.3 is 0 Å². The molecule has 0 saturated carbocycles. The molecule has 0 atom stereocenters. The molecule has 3 aromatic heterocycles. The van der Waals surface area contributed by atoms with Crippen LogP contribution in [0.15, 0.2) is 59.3 Å². The van der Waals surface area contributed by atoms with Gasteiger partial charge in [-0.15, -0.1) is 10.2 Å². The molecular weight excluding hydrogens is 338 g/mol. The van der Waals surface area contributed by atoms with Crippen molar-refractivity contribution < 1.29 is 4.79 Å². The summed E-state index contributed by atoms with van der Waals surface area (Å²) in [7, 11) is 1.86. The second-order valence-electron chi connectivity index (χ2n) is 4.97. The molecule has 126 valence electrons. The summed E-state index contributed by atoms with van der Waals surface area (Å²) in [5.74, 6) is 0.686. The van der Waals surface area contributed by atoms with Gasteiger partial charge in [0.15, 0.2) is 11.0 Å². The third kappa shape index (κ3) is 4.48. The number of pyridine rings is 2. The maximum atomic E-state index is 11.9. The van der Waals surface area contributed by atoms with E-state index in [0.717, 1.165) is 17.0 Å². The number of thioether (sulfide) groups is 1. The van der Waals surface area contributed by atoms with Crippen LogP contribution >= 0.6 is 11.8 Å². The Bertz CT molecular complexity index is 865. The number of amides is 1. The fourth-order valence-corrected chi connectivity index (χ4v) is 2.69. The largest absolute Gasteiger partial charge is 0.305 e. The highest BCUT2D eigenvalue weighted by molar-refractivity contribution is 7.99. The maximum Gasteiger partial charge on any atom is 0.250 e. The number of nitrogens with one attached hydrogen (secondary N) is 1. The average Bonchev–Trinajstić information content (AvgIpc) is 3.02. The molecule has 0 aliphatic heterocycles. The minimum atomic E-state index is -0.224. The lowest BCUT2D eigenvalue weighted by molar-refractivity contribution is -0.118. The highest BCUT2D eigenvalue weighted by Gasteiger charge is 2.12. The summed E-state index contributed by atoms with van der Waals surface area (Å²) in [5.41, 5.74) is 4.21. The van der Waals surface area contributed by atoms with Crippen molar-refractivity contribution in [3.63, 3.8) is 0 Å². The van der Waals surface area contributed by atoms with Crippen LogP contribution in [0, 0.1) is 0 Å². The summed E-state index contributed by atoms with van der Waals surface area (Å²) >= 11 is 1.29. The van der Waals surface area contributed by atoms with Gasteiger partial charge in [0, 0.05) is 43.0 Å².